The fourth-order valence-corrected chi connectivity index (χ4v) is 3.12. The van der Waals surface area contributed by atoms with Gasteiger partial charge in [0.1, 0.15) is 4.88 Å². The summed E-state index contributed by atoms with van der Waals surface area (Å²) in [6, 6.07) is 9.33. The first-order chi connectivity index (χ1) is 12.9. The predicted molar refractivity (Wildman–Crippen MR) is 104 cm³/mol. The van der Waals surface area contributed by atoms with Gasteiger partial charge in [0.15, 0.2) is 6.61 Å². The number of likely N-dealkylation sites (N-methyl/N-ethyl adjacent to an activating group) is 1. The number of aryl methyl sites for hydroxylation is 1. The first kappa shape index (κ1) is 20.6. The molecule has 0 unspecified atom stereocenters. The summed E-state index contributed by atoms with van der Waals surface area (Å²) in [7, 11) is 1.49. The molecule has 0 saturated heterocycles. The number of ether oxygens (including phenoxy) is 1. The molecule has 2 aromatic rings. The van der Waals surface area contributed by atoms with E-state index in [1.807, 2.05) is 44.2 Å². The van der Waals surface area contributed by atoms with Gasteiger partial charge in [-0.25, -0.2) is 9.78 Å². The third-order valence-electron chi connectivity index (χ3n) is 3.67. The molecule has 1 N–H and O–H groups in total. The lowest BCUT2D eigenvalue weighted by Gasteiger charge is -2.16. The summed E-state index contributed by atoms with van der Waals surface area (Å²) in [6.07, 6.45) is 0.818. The maximum absolute atomic E-state index is 12.4. The van der Waals surface area contributed by atoms with Crippen molar-refractivity contribution in [2.75, 3.05) is 26.7 Å². The van der Waals surface area contributed by atoms with Crippen LogP contribution in [0.5, 0.6) is 0 Å². The Kier molecular flexibility index (Phi) is 7.48. The summed E-state index contributed by atoms with van der Waals surface area (Å²) in [5.41, 5.74) is 1.35. The lowest BCUT2D eigenvalue weighted by atomic mass is 10.1. The molecule has 2 amide bonds. The van der Waals surface area contributed by atoms with Gasteiger partial charge in [0.2, 0.25) is 5.91 Å². The highest BCUT2D eigenvalue weighted by molar-refractivity contribution is 7.14. The summed E-state index contributed by atoms with van der Waals surface area (Å²) in [4.78, 5) is 42.2. The first-order valence-electron chi connectivity index (χ1n) is 8.63. The fraction of sp³-hybridized carbons (Fsp3) is 0.368. The summed E-state index contributed by atoms with van der Waals surface area (Å²) >= 11 is 1.22. The standard InChI is InChI=1S/C19H23N3O4S/c1-4-10-20-15(23)11-22(3)16(24)12-26-19(25)18-17(21-13(2)27-18)14-8-6-5-7-9-14/h5-9H,4,10-12H2,1-3H3,(H,20,23). The molecule has 1 aromatic heterocycles. The fourth-order valence-electron chi connectivity index (χ4n) is 2.28. The lowest BCUT2D eigenvalue weighted by Crippen LogP contribution is -2.40. The van der Waals surface area contributed by atoms with Crippen molar-refractivity contribution >= 4 is 29.1 Å². The van der Waals surface area contributed by atoms with Gasteiger partial charge in [-0.15, -0.1) is 11.3 Å². The topological polar surface area (TPSA) is 88.6 Å². The largest absolute Gasteiger partial charge is 0.451 e. The summed E-state index contributed by atoms with van der Waals surface area (Å²) in [6.45, 7) is 3.80. The molecule has 0 atom stereocenters. The summed E-state index contributed by atoms with van der Waals surface area (Å²) in [5, 5.41) is 3.42. The van der Waals surface area contributed by atoms with Crippen molar-refractivity contribution in [1.82, 2.24) is 15.2 Å². The Balaban J connectivity index is 1.96. The van der Waals surface area contributed by atoms with E-state index in [0.717, 1.165) is 17.0 Å². The van der Waals surface area contributed by atoms with Crippen LogP contribution in [0.15, 0.2) is 30.3 Å². The van der Waals surface area contributed by atoms with Gasteiger partial charge in [-0.2, -0.15) is 0 Å². The van der Waals surface area contributed by atoms with E-state index < -0.39 is 18.5 Å². The van der Waals surface area contributed by atoms with Crippen LogP contribution in [0.4, 0.5) is 0 Å². The van der Waals surface area contributed by atoms with Crippen molar-refractivity contribution in [2.45, 2.75) is 20.3 Å². The highest BCUT2D eigenvalue weighted by atomic mass is 32.1. The van der Waals surface area contributed by atoms with E-state index in [0.29, 0.717) is 17.1 Å². The minimum atomic E-state index is -0.600. The number of nitrogens with zero attached hydrogens (tertiary/aromatic N) is 2. The molecule has 0 spiro atoms. The molecule has 144 valence electrons. The molecule has 8 heteroatoms. The number of rotatable bonds is 8. The monoisotopic (exact) mass is 389 g/mol. The highest BCUT2D eigenvalue weighted by Gasteiger charge is 2.21. The number of hydrogen-bond acceptors (Lipinski definition) is 6. The van der Waals surface area contributed by atoms with Crippen LogP contribution >= 0.6 is 11.3 Å². The number of aromatic nitrogens is 1. The van der Waals surface area contributed by atoms with Crippen molar-refractivity contribution in [3.05, 3.63) is 40.2 Å². The van der Waals surface area contributed by atoms with Crippen LogP contribution in [0.25, 0.3) is 11.3 Å². The van der Waals surface area contributed by atoms with Gasteiger partial charge in [-0.1, -0.05) is 37.3 Å². The Bertz CT molecular complexity index is 805. The van der Waals surface area contributed by atoms with Gasteiger partial charge < -0.3 is 15.0 Å². The van der Waals surface area contributed by atoms with Crippen molar-refractivity contribution < 1.29 is 19.1 Å². The van der Waals surface area contributed by atoms with E-state index in [1.54, 1.807) is 0 Å². The smallest absolute Gasteiger partial charge is 0.351 e. The van der Waals surface area contributed by atoms with Crippen LogP contribution in [0.1, 0.15) is 28.0 Å². The molecule has 0 fully saturated rings. The van der Waals surface area contributed by atoms with Crippen molar-refractivity contribution in [2.24, 2.45) is 0 Å². The van der Waals surface area contributed by atoms with E-state index in [2.05, 4.69) is 10.3 Å². The number of amides is 2. The molecule has 0 bridgehead atoms. The molecule has 0 radical (unpaired) electrons. The Morgan fingerprint density at radius 1 is 1.22 bits per heavy atom. The van der Waals surface area contributed by atoms with Crippen LogP contribution in [0.2, 0.25) is 0 Å². The molecule has 27 heavy (non-hydrogen) atoms. The second-order valence-corrected chi connectivity index (χ2v) is 7.16. The molecule has 1 heterocycles. The molecule has 0 saturated carbocycles. The molecule has 2 rings (SSSR count). The third-order valence-corrected chi connectivity index (χ3v) is 4.62. The van der Waals surface area contributed by atoms with Crippen LogP contribution < -0.4 is 5.32 Å². The van der Waals surface area contributed by atoms with Crippen molar-refractivity contribution in [3.8, 4) is 11.3 Å². The van der Waals surface area contributed by atoms with Crippen LogP contribution in [-0.2, 0) is 14.3 Å². The quantitative estimate of drug-likeness (QED) is 0.700. The van der Waals surface area contributed by atoms with Crippen molar-refractivity contribution in [3.63, 3.8) is 0 Å². The number of hydrogen-bond donors (Lipinski definition) is 1. The minimum absolute atomic E-state index is 0.0781. The average Bonchev–Trinajstić information content (AvgIpc) is 3.06. The molecule has 0 aliphatic rings. The van der Waals surface area contributed by atoms with Gasteiger partial charge in [-0.05, 0) is 13.3 Å². The van der Waals surface area contributed by atoms with E-state index >= 15 is 0 Å². The Labute approximate surface area is 162 Å². The number of benzene rings is 1. The maximum atomic E-state index is 12.4. The Hall–Kier alpha value is -2.74. The third kappa shape index (κ3) is 5.89. The zero-order chi connectivity index (χ0) is 19.8. The number of esters is 1. The average molecular weight is 389 g/mol. The minimum Gasteiger partial charge on any atom is -0.451 e. The number of nitrogens with one attached hydrogen (secondary N) is 1. The zero-order valence-corrected chi connectivity index (χ0v) is 16.5. The van der Waals surface area contributed by atoms with Crippen LogP contribution in [0.3, 0.4) is 0 Å². The van der Waals surface area contributed by atoms with Crippen molar-refractivity contribution in [1.29, 1.82) is 0 Å². The molecule has 1 aromatic carbocycles. The van der Waals surface area contributed by atoms with E-state index in [-0.39, 0.29) is 12.5 Å². The Morgan fingerprint density at radius 3 is 2.59 bits per heavy atom. The van der Waals surface area contributed by atoms with Gasteiger partial charge >= 0.3 is 5.97 Å². The maximum Gasteiger partial charge on any atom is 0.351 e. The molecule has 0 aliphatic carbocycles. The lowest BCUT2D eigenvalue weighted by molar-refractivity contribution is -0.137. The number of carbonyl (C=O) groups excluding carboxylic acids is 3. The molecular formula is C19H23N3O4S. The van der Waals surface area contributed by atoms with Crippen LogP contribution in [-0.4, -0.2) is 54.4 Å². The van der Waals surface area contributed by atoms with E-state index in [4.69, 9.17) is 4.74 Å². The molecule has 7 nitrogen and oxygen atoms in total. The molecular weight excluding hydrogens is 366 g/mol. The zero-order valence-electron chi connectivity index (χ0n) is 15.7. The number of carbonyl (C=O) groups is 3. The van der Waals surface area contributed by atoms with Gasteiger partial charge in [0.05, 0.1) is 17.2 Å². The van der Waals surface area contributed by atoms with Gasteiger partial charge in [0.25, 0.3) is 5.91 Å². The predicted octanol–water partition coefficient (Wildman–Crippen LogP) is 2.26. The normalized spacial score (nSPS) is 10.3. The SMILES string of the molecule is CCCNC(=O)CN(C)C(=O)COC(=O)c1sc(C)nc1-c1ccccc1. The Morgan fingerprint density at radius 2 is 1.93 bits per heavy atom. The second-order valence-electron chi connectivity index (χ2n) is 5.95. The van der Waals surface area contributed by atoms with E-state index in [9.17, 15) is 14.4 Å². The summed E-state index contributed by atoms with van der Waals surface area (Å²) in [5.74, 6) is -1.29. The summed E-state index contributed by atoms with van der Waals surface area (Å²) < 4.78 is 5.16. The number of thiazole rings is 1. The van der Waals surface area contributed by atoms with E-state index in [1.165, 1.54) is 23.3 Å². The first-order valence-corrected chi connectivity index (χ1v) is 9.44. The molecule has 0 aliphatic heterocycles. The highest BCUT2D eigenvalue weighted by Crippen LogP contribution is 2.28. The van der Waals surface area contributed by atoms with Gasteiger partial charge in [-0.3, -0.25) is 9.59 Å². The van der Waals surface area contributed by atoms with Crippen LogP contribution in [0, 0.1) is 6.92 Å². The van der Waals surface area contributed by atoms with Gasteiger partial charge in [0, 0.05) is 19.2 Å². The second kappa shape index (κ2) is 9.82.